The van der Waals surface area contributed by atoms with Gasteiger partial charge in [0.15, 0.2) is 6.61 Å². The van der Waals surface area contributed by atoms with E-state index in [0.29, 0.717) is 34.8 Å². The van der Waals surface area contributed by atoms with Gasteiger partial charge in [-0.25, -0.2) is 9.97 Å². The van der Waals surface area contributed by atoms with Crippen LogP contribution < -0.4 is 14.8 Å². The highest BCUT2D eigenvalue weighted by molar-refractivity contribution is 6.30. The van der Waals surface area contributed by atoms with Crippen LogP contribution in [0.2, 0.25) is 10.0 Å². The van der Waals surface area contributed by atoms with E-state index < -0.39 is 0 Å². The second-order valence-corrected chi connectivity index (χ2v) is 7.43. The lowest BCUT2D eigenvalue weighted by atomic mass is 10.3. The van der Waals surface area contributed by atoms with Gasteiger partial charge in [-0.05, 0) is 12.1 Å². The SMILES string of the molecule is C=C(CCNC(=O)COc1ccc(Cl)cn1)N1CCC(Oc2ccc(Cl)cn2)C1. The molecule has 29 heavy (non-hydrogen) atoms. The summed E-state index contributed by atoms with van der Waals surface area (Å²) in [5.41, 5.74) is 0.959. The average Bonchev–Trinajstić information content (AvgIpc) is 3.18. The van der Waals surface area contributed by atoms with Crippen LogP contribution in [0.25, 0.3) is 0 Å². The zero-order chi connectivity index (χ0) is 20.6. The van der Waals surface area contributed by atoms with E-state index >= 15 is 0 Å². The molecule has 0 spiro atoms. The summed E-state index contributed by atoms with van der Waals surface area (Å²) in [6, 6.07) is 6.78. The first-order chi connectivity index (χ1) is 14.0. The number of nitrogens with one attached hydrogen (secondary N) is 1. The van der Waals surface area contributed by atoms with Gasteiger partial charge in [0.05, 0.1) is 16.6 Å². The minimum Gasteiger partial charge on any atom is -0.472 e. The van der Waals surface area contributed by atoms with Crippen molar-refractivity contribution in [3.05, 3.63) is 59.0 Å². The molecule has 2 aromatic heterocycles. The number of ether oxygens (including phenoxy) is 2. The van der Waals surface area contributed by atoms with Crippen LogP contribution in [0.4, 0.5) is 0 Å². The first kappa shape index (κ1) is 21.2. The van der Waals surface area contributed by atoms with Crippen LogP contribution in [0, 0.1) is 0 Å². The molecule has 1 fully saturated rings. The summed E-state index contributed by atoms with van der Waals surface area (Å²) in [7, 11) is 0. The normalized spacial score (nSPS) is 15.8. The summed E-state index contributed by atoms with van der Waals surface area (Å²) in [6.45, 7) is 6.10. The van der Waals surface area contributed by atoms with Crippen LogP contribution in [0.5, 0.6) is 11.8 Å². The molecule has 3 rings (SSSR count). The summed E-state index contributed by atoms with van der Waals surface area (Å²) in [5.74, 6) is 0.701. The van der Waals surface area contributed by atoms with Gasteiger partial charge in [-0.1, -0.05) is 29.8 Å². The number of hydrogen-bond donors (Lipinski definition) is 1. The molecular formula is C20H22Cl2N4O3. The van der Waals surface area contributed by atoms with Crippen molar-refractivity contribution in [2.24, 2.45) is 0 Å². The van der Waals surface area contributed by atoms with E-state index in [-0.39, 0.29) is 18.6 Å². The van der Waals surface area contributed by atoms with Gasteiger partial charge >= 0.3 is 0 Å². The number of likely N-dealkylation sites (tertiary alicyclic amines) is 1. The molecule has 1 unspecified atom stereocenters. The Morgan fingerprint density at radius 1 is 1.17 bits per heavy atom. The Morgan fingerprint density at radius 3 is 2.52 bits per heavy atom. The van der Waals surface area contributed by atoms with E-state index in [1.54, 1.807) is 30.5 Å². The third-order valence-electron chi connectivity index (χ3n) is 4.37. The van der Waals surface area contributed by atoms with Crippen molar-refractivity contribution < 1.29 is 14.3 Å². The Labute approximate surface area is 179 Å². The van der Waals surface area contributed by atoms with Crippen molar-refractivity contribution in [1.82, 2.24) is 20.2 Å². The lowest BCUT2D eigenvalue weighted by Gasteiger charge is -2.21. The number of carbonyl (C=O) groups excluding carboxylic acids is 1. The Kier molecular flexibility index (Phi) is 7.55. The molecule has 0 radical (unpaired) electrons. The largest absolute Gasteiger partial charge is 0.472 e. The maximum atomic E-state index is 11.9. The lowest BCUT2D eigenvalue weighted by molar-refractivity contribution is -0.123. The van der Waals surface area contributed by atoms with E-state index in [1.165, 1.54) is 6.20 Å². The van der Waals surface area contributed by atoms with Crippen molar-refractivity contribution >= 4 is 29.1 Å². The monoisotopic (exact) mass is 436 g/mol. The molecule has 1 aliphatic rings. The summed E-state index contributed by atoms with van der Waals surface area (Å²) >= 11 is 11.6. The quantitative estimate of drug-likeness (QED) is 0.649. The van der Waals surface area contributed by atoms with E-state index in [2.05, 4.69) is 26.8 Å². The number of rotatable bonds is 9. The Hall–Kier alpha value is -2.51. The maximum Gasteiger partial charge on any atom is 0.258 e. The van der Waals surface area contributed by atoms with Crippen LogP contribution >= 0.6 is 23.2 Å². The molecule has 0 saturated carbocycles. The van der Waals surface area contributed by atoms with Crippen LogP contribution in [-0.2, 0) is 4.79 Å². The smallest absolute Gasteiger partial charge is 0.258 e. The van der Waals surface area contributed by atoms with E-state index in [1.807, 2.05) is 0 Å². The molecule has 154 valence electrons. The van der Waals surface area contributed by atoms with Gasteiger partial charge < -0.3 is 19.7 Å². The summed E-state index contributed by atoms with van der Waals surface area (Å²) < 4.78 is 11.2. The second-order valence-electron chi connectivity index (χ2n) is 6.56. The minimum absolute atomic E-state index is 0.0512. The zero-order valence-corrected chi connectivity index (χ0v) is 17.3. The molecule has 0 bridgehead atoms. The fraction of sp³-hybridized carbons (Fsp3) is 0.350. The highest BCUT2D eigenvalue weighted by atomic mass is 35.5. The van der Waals surface area contributed by atoms with Crippen molar-refractivity contribution in [1.29, 1.82) is 0 Å². The highest BCUT2D eigenvalue weighted by Crippen LogP contribution is 2.21. The molecule has 1 atom stereocenters. The Balaban J connectivity index is 1.32. The van der Waals surface area contributed by atoms with Crippen LogP contribution in [0.1, 0.15) is 12.8 Å². The highest BCUT2D eigenvalue weighted by Gasteiger charge is 2.25. The van der Waals surface area contributed by atoms with Gasteiger partial charge in [-0.3, -0.25) is 4.79 Å². The number of carbonyl (C=O) groups is 1. The summed E-state index contributed by atoms with van der Waals surface area (Å²) in [4.78, 5) is 22.2. The maximum absolute atomic E-state index is 11.9. The number of pyridine rings is 2. The molecular weight excluding hydrogens is 415 g/mol. The van der Waals surface area contributed by atoms with Gasteiger partial charge in [0, 0.05) is 56.2 Å². The van der Waals surface area contributed by atoms with Crippen LogP contribution in [0.15, 0.2) is 48.9 Å². The molecule has 1 N–H and O–H groups in total. The van der Waals surface area contributed by atoms with Crippen molar-refractivity contribution in [3.63, 3.8) is 0 Å². The van der Waals surface area contributed by atoms with Crippen molar-refractivity contribution in [2.45, 2.75) is 18.9 Å². The number of aromatic nitrogens is 2. The van der Waals surface area contributed by atoms with Crippen molar-refractivity contribution in [2.75, 3.05) is 26.2 Å². The third-order valence-corrected chi connectivity index (χ3v) is 4.81. The molecule has 2 aromatic rings. The topological polar surface area (TPSA) is 76.6 Å². The predicted molar refractivity (Wildman–Crippen MR) is 111 cm³/mol. The van der Waals surface area contributed by atoms with Gasteiger partial charge in [0.1, 0.15) is 6.10 Å². The molecule has 1 aliphatic heterocycles. The van der Waals surface area contributed by atoms with E-state index in [9.17, 15) is 4.79 Å². The van der Waals surface area contributed by atoms with Gasteiger partial charge in [-0.2, -0.15) is 0 Å². The lowest BCUT2D eigenvalue weighted by Crippen LogP contribution is -2.31. The molecule has 0 aromatic carbocycles. The number of amides is 1. The Morgan fingerprint density at radius 2 is 1.86 bits per heavy atom. The molecule has 0 aliphatic carbocycles. The Bertz CT molecular complexity index is 831. The van der Waals surface area contributed by atoms with Crippen molar-refractivity contribution in [3.8, 4) is 11.8 Å². The van der Waals surface area contributed by atoms with Crippen LogP contribution in [0.3, 0.4) is 0 Å². The molecule has 1 amide bonds. The third kappa shape index (κ3) is 6.80. The second kappa shape index (κ2) is 10.3. The van der Waals surface area contributed by atoms with Crippen LogP contribution in [-0.4, -0.2) is 53.1 Å². The zero-order valence-electron chi connectivity index (χ0n) is 15.8. The van der Waals surface area contributed by atoms with Gasteiger partial charge in [-0.15, -0.1) is 0 Å². The first-order valence-corrected chi connectivity index (χ1v) is 9.97. The fourth-order valence-corrected chi connectivity index (χ4v) is 3.08. The minimum atomic E-state index is -0.217. The number of nitrogens with zero attached hydrogens (tertiary/aromatic N) is 3. The summed E-state index contributed by atoms with van der Waals surface area (Å²) in [5, 5.41) is 3.91. The number of halogens is 2. The summed E-state index contributed by atoms with van der Waals surface area (Å²) in [6.07, 6.45) is 4.62. The molecule has 9 heteroatoms. The molecule has 3 heterocycles. The van der Waals surface area contributed by atoms with E-state index in [4.69, 9.17) is 32.7 Å². The predicted octanol–water partition coefficient (Wildman–Crippen LogP) is 3.34. The van der Waals surface area contributed by atoms with E-state index in [0.717, 1.165) is 25.2 Å². The molecule has 7 nitrogen and oxygen atoms in total. The number of hydrogen-bond acceptors (Lipinski definition) is 6. The standard InChI is InChI=1S/C20H22Cl2N4O3/c1-14(6-8-23-18(27)13-28-19-4-2-15(21)10-24-19)26-9-7-17(12-26)29-20-5-3-16(22)11-25-20/h2-5,10-11,17H,1,6-9,12-13H2,(H,23,27). The average molecular weight is 437 g/mol. The van der Waals surface area contributed by atoms with Gasteiger partial charge in [0.25, 0.3) is 5.91 Å². The van der Waals surface area contributed by atoms with Gasteiger partial charge in [0.2, 0.25) is 11.8 Å². The first-order valence-electron chi connectivity index (χ1n) is 9.21. The fourth-order valence-electron chi connectivity index (χ4n) is 2.86. The molecule has 1 saturated heterocycles.